The van der Waals surface area contributed by atoms with Gasteiger partial charge in [-0.3, -0.25) is 0 Å². The highest BCUT2D eigenvalue weighted by Gasteiger charge is 2.09. The van der Waals surface area contributed by atoms with Gasteiger partial charge in [0.1, 0.15) is 12.4 Å². The molecule has 0 heterocycles. The zero-order valence-corrected chi connectivity index (χ0v) is 10.2. The molecule has 5 heteroatoms. The van der Waals surface area contributed by atoms with E-state index in [1.165, 1.54) is 7.11 Å². The number of anilines is 1. The zero-order chi connectivity index (χ0) is 12.0. The summed E-state index contributed by atoms with van der Waals surface area (Å²) in [7, 11) is 1.53. The lowest BCUT2D eigenvalue weighted by Crippen LogP contribution is -2.08. The number of nitrogens with two attached hydrogens (primary N) is 1. The molecule has 0 aromatic heterocycles. The molecule has 0 aliphatic carbocycles. The molecular formula is C11H15NO3S. The van der Waals surface area contributed by atoms with Gasteiger partial charge < -0.3 is 15.2 Å². The van der Waals surface area contributed by atoms with Gasteiger partial charge in [0.15, 0.2) is 0 Å². The number of esters is 1. The molecule has 0 saturated carbocycles. The molecular weight excluding hydrogens is 226 g/mol. The molecule has 2 N–H and O–H groups in total. The fourth-order valence-corrected chi connectivity index (χ4v) is 1.41. The van der Waals surface area contributed by atoms with Crippen molar-refractivity contribution in [3.63, 3.8) is 0 Å². The number of hydrogen-bond donors (Lipinski definition) is 1. The van der Waals surface area contributed by atoms with E-state index in [0.29, 0.717) is 23.6 Å². The number of carbonyl (C=O) groups is 1. The highest BCUT2D eigenvalue weighted by molar-refractivity contribution is 7.98. The van der Waals surface area contributed by atoms with E-state index in [4.69, 9.17) is 15.2 Å². The van der Waals surface area contributed by atoms with Crippen LogP contribution in [-0.4, -0.2) is 31.7 Å². The number of hydrogen-bond acceptors (Lipinski definition) is 5. The Kier molecular flexibility index (Phi) is 4.98. The van der Waals surface area contributed by atoms with E-state index in [9.17, 15) is 4.79 Å². The first-order chi connectivity index (χ1) is 7.67. The van der Waals surface area contributed by atoms with Gasteiger partial charge in [0.25, 0.3) is 0 Å². The number of thioether (sulfide) groups is 1. The molecule has 4 nitrogen and oxygen atoms in total. The van der Waals surface area contributed by atoms with Crippen molar-refractivity contribution in [1.29, 1.82) is 0 Å². The van der Waals surface area contributed by atoms with Crippen LogP contribution in [0.15, 0.2) is 18.2 Å². The summed E-state index contributed by atoms with van der Waals surface area (Å²) in [5.41, 5.74) is 6.53. The Morgan fingerprint density at radius 1 is 1.44 bits per heavy atom. The highest BCUT2D eigenvalue weighted by Crippen LogP contribution is 2.19. The monoisotopic (exact) mass is 241 g/mol. The van der Waals surface area contributed by atoms with Gasteiger partial charge in [-0.15, -0.1) is 0 Å². The fraction of sp³-hybridized carbons (Fsp3) is 0.364. The molecule has 0 radical (unpaired) electrons. The Hall–Kier alpha value is -1.36. The summed E-state index contributed by atoms with van der Waals surface area (Å²) in [6, 6.07) is 4.83. The van der Waals surface area contributed by atoms with Crippen molar-refractivity contribution in [2.45, 2.75) is 0 Å². The van der Waals surface area contributed by atoms with E-state index in [1.807, 2.05) is 6.26 Å². The van der Waals surface area contributed by atoms with Gasteiger partial charge in [-0.05, 0) is 18.4 Å². The van der Waals surface area contributed by atoms with Crippen LogP contribution in [0.25, 0.3) is 0 Å². The maximum absolute atomic E-state index is 11.6. The lowest BCUT2D eigenvalue weighted by atomic mass is 10.2. The maximum atomic E-state index is 11.6. The Morgan fingerprint density at radius 2 is 2.19 bits per heavy atom. The topological polar surface area (TPSA) is 61.5 Å². The minimum Gasteiger partial charge on any atom is -0.497 e. The Bertz CT molecular complexity index is 368. The largest absolute Gasteiger partial charge is 0.497 e. The summed E-state index contributed by atoms with van der Waals surface area (Å²) in [4.78, 5) is 11.6. The van der Waals surface area contributed by atoms with Crippen LogP contribution in [0.2, 0.25) is 0 Å². The number of ether oxygens (including phenoxy) is 2. The molecule has 0 aliphatic rings. The number of carbonyl (C=O) groups excluding carboxylic acids is 1. The molecule has 0 atom stereocenters. The van der Waals surface area contributed by atoms with Gasteiger partial charge in [0.05, 0.1) is 12.7 Å². The van der Waals surface area contributed by atoms with Crippen LogP contribution in [0.5, 0.6) is 5.75 Å². The van der Waals surface area contributed by atoms with E-state index in [0.717, 1.165) is 5.75 Å². The molecule has 88 valence electrons. The Labute approximate surface area is 99.1 Å². The summed E-state index contributed by atoms with van der Waals surface area (Å²) in [5, 5.41) is 0. The summed E-state index contributed by atoms with van der Waals surface area (Å²) >= 11 is 1.62. The summed E-state index contributed by atoms with van der Waals surface area (Å²) in [6.45, 7) is 0.400. The normalized spacial score (nSPS) is 9.88. The second kappa shape index (κ2) is 6.27. The summed E-state index contributed by atoms with van der Waals surface area (Å²) < 4.78 is 10.1. The third kappa shape index (κ3) is 3.66. The van der Waals surface area contributed by atoms with Crippen LogP contribution in [0.1, 0.15) is 10.4 Å². The van der Waals surface area contributed by atoms with Crippen LogP contribution >= 0.6 is 11.8 Å². The van der Waals surface area contributed by atoms with Gasteiger partial charge in [-0.2, -0.15) is 11.8 Å². The first-order valence-corrected chi connectivity index (χ1v) is 6.17. The van der Waals surface area contributed by atoms with Crippen molar-refractivity contribution >= 4 is 23.4 Å². The minimum atomic E-state index is -0.375. The Morgan fingerprint density at radius 3 is 2.81 bits per heavy atom. The molecule has 0 spiro atoms. The second-order valence-electron chi connectivity index (χ2n) is 3.12. The first-order valence-electron chi connectivity index (χ1n) is 4.78. The summed E-state index contributed by atoms with van der Waals surface area (Å²) in [6.07, 6.45) is 1.96. The molecule has 1 aromatic carbocycles. The molecule has 0 fully saturated rings. The first kappa shape index (κ1) is 12.7. The SMILES string of the molecule is COc1cc(N)cc(C(=O)OCCSC)c1. The third-order valence-electron chi connectivity index (χ3n) is 1.92. The standard InChI is InChI=1S/C11H15NO3S/c1-14-10-6-8(5-9(12)7-10)11(13)15-3-4-16-2/h5-7H,3-4,12H2,1-2H3. The van der Waals surface area contributed by atoms with Gasteiger partial charge in [-0.25, -0.2) is 4.79 Å². The molecule has 0 unspecified atom stereocenters. The smallest absolute Gasteiger partial charge is 0.338 e. The maximum Gasteiger partial charge on any atom is 0.338 e. The quantitative estimate of drug-likeness (QED) is 0.484. The minimum absolute atomic E-state index is 0.375. The molecule has 1 aromatic rings. The van der Waals surface area contributed by atoms with Gasteiger partial charge in [0.2, 0.25) is 0 Å². The highest BCUT2D eigenvalue weighted by atomic mass is 32.2. The predicted molar refractivity (Wildman–Crippen MR) is 66.1 cm³/mol. The zero-order valence-electron chi connectivity index (χ0n) is 9.36. The van der Waals surface area contributed by atoms with E-state index < -0.39 is 0 Å². The van der Waals surface area contributed by atoms with Crippen molar-refractivity contribution in [3.05, 3.63) is 23.8 Å². The van der Waals surface area contributed by atoms with Crippen molar-refractivity contribution in [3.8, 4) is 5.75 Å². The molecule has 0 amide bonds. The van der Waals surface area contributed by atoms with Gasteiger partial charge >= 0.3 is 5.97 Å². The average molecular weight is 241 g/mol. The lowest BCUT2D eigenvalue weighted by molar-refractivity contribution is 0.0530. The second-order valence-corrected chi connectivity index (χ2v) is 4.11. The van der Waals surface area contributed by atoms with Crippen molar-refractivity contribution in [2.24, 2.45) is 0 Å². The average Bonchev–Trinajstić information content (AvgIpc) is 2.28. The van der Waals surface area contributed by atoms with Crippen LogP contribution in [0.3, 0.4) is 0 Å². The summed E-state index contributed by atoms with van der Waals surface area (Å²) in [5.74, 6) is 0.960. The molecule has 16 heavy (non-hydrogen) atoms. The predicted octanol–water partition coefficient (Wildman–Crippen LogP) is 1.80. The van der Waals surface area contributed by atoms with Crippen molar-refractivity contribution in [1.82, 2.24) is 0 Å². The van der Waals surface area contributed by atoms with E-state index in [1.54, 1.807) is 30.0 Å². The lowest BCUT2D eigenvalue weighted by Gasteiger charge is -2.06. The number of rotatable bonds is 5. The van der Waals surface area contributed by atoms with Crippen LogP contribution in [0, 0.1) is 0 Å². The number of benzene rings is 1. The van der Waals surface area contributed by atoms with Gasteiger partial charge in [0, 0.05) is 17.5 Å². The fourth-order valence-electron chi connectivity index (χ4n) is 1.16. The van der Waals surface area contributed by atoms with Crippen molar-refractivity contribution in [2.75, 3.05) is 31.5 Å². The molecule has 0 aliphatic heterocycles. The molecule has 1 rings (SSSR count). The van der Waals surface area contributed by atoms with Crippen molar-refractivity contribution < 1.29 is 14.3 Å². The van der Waals surface area contributed by atoms with E-state index in [-0.39, 0.29) is 5.97 Å². The van der Waals surface area contributed by atoms with Gasteiger partial charge in [-0.1, -0.05) is 0 Å². The number of methoxy groups -OCH3 is 1. The molecule has 0 bridgehead atoms. The number of nitrogen functional groups attached to an aromatic ring is 1. The van der Waals surface area contributed by atoms with E-state index >= 15 is 0 Å². The van der Waals surface area contributed by atoms with Crippen LogP contribution in [0.4, 0.5) is 5.69 Å². The molecule has 0 saturated heterocycles. The Balaban J connectivity index is 2.71. The van der Waals surface area contributed by atoms with Crippen LogP contribution in [-0.2, 0) is 4.74 Å². The van der Waals surface area contributed by atoms with E-state index in [2.05, 4.69) is 0 Å². The van der Waals surface area contributed by atoms with Crippen LogP contribution < -0.4 is 10.5 Å². The third-order valence-corrected chi connectivity index (χ3v) is 2.50.